The molecule has 0 aliphatic carbocycles. The highest BCUT2D eigenvalue weighted by Crippen LogP contribution is 2.36. The van der Waals surface area contributed by atoms with Crippen LogP contribution in [0, 0.1) is 0 Å². The van der Waals surface area contributed by atoms with E-state index >= 15 is 0 Å². The van der Waals surface area contributed by atoms with Crippen LogP contribution >= 0.6 is 23.5 Å². The molecule has 0 aliphatic heterocycles. The number of benzene rings is 6. The van der Waals surface area contributed by atoms with Gasteiger partial charge in [-0.15, -0.1) is 23.5 Å². The van der Waals surface area contributed by atoms with Gasteiger partial charge in [0.15, 0.2) is 0 Å². The fourth-order valence-electron chi connectivity index (χ4n) is 7.27. The summed E-state index contributed by atoms with van der Waals surface area (Å²) in [5, 5.41) is -0.545. The zero-order valence-corrected chi connectivity index (χ0v) is 46.0. The van der Waals surface area contributed by atoms with Crippen molar-refractivity contribution in [3.63, 3.8) is 0 Å². The summed E-state index contributed by atoms with van der Waals surface area (Å²) in [6, 6.07) is 43.1. The van der Waals surface area contributed by atoms with E-state index in [0.29, 0.717) is 48.9 Å². The summed E-state index contributed by atoms with van der Waals surface area (Å²) in [6.07, 6.45) is 4.98. The van der Waals surface area contributed by atoms with Gasteiger partial charge in [-0.2, -0.15) is 16.8 Å². The van der Waals surface area contributed by atoms with Gasteiger partial charge in [-0.05, 0) is 173 Å². The van der Waals surface area contributed by atoms with Crippen molar-refractivity contribution in [2.24, 2.45) is 0 Å². The van der Waals surface area contributed by atoms with E-state index in [1.54, 1.807) is 59.9 Å². The molecule has 12 nitrogen and oxygen atoms in total. The molecule has 6 rings (SSSR count). The van der Waals surface area contributed by atoms with E-state index in [4.69, 9.17) is 32.1 Å². The van der Waals surface area contributed by atoms with Crippen molar-refractivity contribution in [2.75, 3.05) is 37.2 Å². The minimum absolute atomic E-state index is 0.186. The van der Waals surface area contributed by atoms with Crippen LogP contribution in [0.3, 0.4) is 0 Å². The first-order valence-corrected chi connectivity index (χ1v) is 29.6. The summed E-state index contributed by atoms with van der Waals surface area (Å²) >= 11 is 3.19. The topological polar surface area (TPSA) is 150 Å². The lowest BCUT2D eigenvalue weighted by Crippen LogP contribution is -2.27. The van der Waals surface area contributed by atoms with Gasteiger partial charge in [0.1, 0.15) is 56.7 Å². The summed E-state index contributed by atoms with van der Waals surface area (Å²) in [7, 11) is -7.30. The van der Waals surface area contributed by atoms with E-state index in [9.17, 15) is 21.6 Å². The average molecular weight is 1070 g/mol. The second-order valence-electron chi connectivity index (χ2n) is 19.3. The Morgan fingerprint density at radius 1 is 0.493 bits per heavy atom. The SMILES string of the molecule is CC(C)(C)Oc1ccc(CCSc2cccc(CCOc3ccc(OS(C)(=O)=O)cc3)c2OC(=O)C(Cc2ccc(CCOc3ccc(OS(C)(=O)=O)cc3)cc2)SCCc2ccc(OC(C)(C)C)cc2)cc1. The molecule has 0 radical (unpaired) electrons. The molecule has 0 aromatic heterocycles. The Morgan fingerprint density at radius 2 is 0.904 bits per heavy atom. The Morgan fingerprint density at radius 3 is 1.38 bits per heavy atom. The fourth-order valence-corrected chi connectivity index (χ4v) is 10.4. The van der Waals surface area contributed by atoms with Gasteiger partial charge in [-0.25, -0.2) is 0 Å². The van der Waals surface area contributed by atoms with E-state index in [0.717, 1.165) is 75.3 Å². The zero-order valence-electron chi connectivity index (χ0n) is 42.8. The molecule has 73 heavy (non-hydrogen) atoms. The molecule has 0 saturated carbocycles. The second-order valence-corrected chi connectivity index (χ2v) is 24.9. The first kappa shape index (κ1) is 56.5. The Kier molecular flexibility index (Phi) is 20.1. The van der Waals surface area contributed by atoms with E-state index in [1.807, 2.05) is 108 Å². The summed E-state index contributed by atoms with van der Waals surface area (Å²) in [6.45, 7) is 12.8. The molecule has 6 aromatic rings. The van der Waals surface area contributed by atoms with Crippen LogP contribution in [-0.2, 0) is 57.1 Å². The van der Waals surface area contributed by atoms with Crippen LogP contribution in [0.25, 0.3) is 0 Å². The largest absolute Gasteiger partial charge is 0.493 e. The number of ether oxygens (including phenoxy) is 5. The van der Waals surface area contributed by atoms with Gasteiger partial charge < -0.3 is 32.1 Å². The number of esters is 1. The molecular weight excluding hydrogens is 1000 g/mol. The van der Waals surface area contributed by atoms with Crippen LogP contribution < -0.4 is 32.1 Å². The Bertz CT molecular complexity index is 2910. The molecular formula is C57H66O12S4. The predicted octanol–water partition coefficient (Wildman–Crippen LogP) is 11.8. The molecule has 0 spiro atoms. The van der Waals surface area contributed by atoms with Gasteiger partial charge >= 0.3 is 26.2 Å². The van der Waals surface area contributed by atoms with Gasteiger partial charge in [0, 0.05) is 18.6 Å². The highest BCUT2D eigenvalue weighted by Gasteiger charge is 2.25. The van der Waals surface area contributed by atoms with Crippen LogP contribution in [0.4, 0.5) is 0 Å². The quantitative estimate of drug-likeness (QED) is 0.0219. The Hall–Kier alpha value is -5.81. The molecule has 0 amide bonds. The fraction of sp³-hybridized carbons (Fsp3) is 0.351. The number of hydrogen-bond acceptors (Lipinski definition) is 14. The lowest BCUT2D eigenvalue weighted by molar-refractivity contribution is -0.134. The number of rotatable bonds is 26. The third-order valence-electron chi connectivity index (χ3n) is 10.5. The van der Waals surface area contributed by atoms with Crippen molar-refractivity contribution in [2.45, 2.75) is 95.0 Å². The highest BCUT2D eigenvalue weighted by atomic mass is 32.2. The molecule has 390 valence electrons. The molecule has 0 saturated heterocycles. The van der Waals surface area contributed by atoms with Crippen LogP contribution in [0.1, 0.15) is 69.4 Å². The standard InChI is InChI=1S/C57H66O12S4/c1-56(2,3)66-48-20-16-42(17-21-48)34-38-70-52-11-9-10-45(33-37-64-47-26-30-51(31-27-47)69-73(8,61)62)54(52)65-55(58)53(71-39-35-43-18-22-49(23-19-43)67-57(4,5)6)40-44-14-12-41(13-15-44)32-36-63-46-24-28-50(29-25-46)68-72(7,59)60/h9-31,53H,32-40H2,1-8H3. The predicted molar refractivity (Wildman–Crippen MR) is 292 cm³/mol. The van der Waals surface area contributed by atoms with Gasteiger partial charge in [-0.3, -0.25) is 4.79 Å². The first-order chi connectivity index (χ1) is 34.5. The van der Waals surface area contributed by atoms with Crippen LogP contribution in [0.15, 0.2) is 144 Å². The van der Waals surface area contributed by atoms with Crippen LogP contribution in [0.5, 0.6) is 40.2 Å². The summed E-state index contributed by atoms with van der Waals surface area (Å²) in [5.41, 5.74) is 4.52. The molecule has 1 atom stereocenters. The maximum Gasteiger partial charge on any atom is 0.324 e. The van der Waals surface area contributed by atoms with Crippen LogP contribution in [0.2, 0.25) is 0 Å². The number of aryl methyl sites for hydroxylation is 2. The minimum Gasteiger partial charge on any atom is -0.493 e. The number of hydrogen-bond donors (Lipinski definition) is 0. The van der Waals surface area contributed by atoms with Gasteiger partial charge in [0.2, 0.25) is 0 Å². The molecule has 6 aromatic carbocycles. The molecule has 16 heteroatoms. The summed E-state index contributed by atoms with van der Waals surface area (Å²) < 4.78 is 86.7. The molecule has 1 unspecified atom stereocenters. The van der Waals surface area contributed by atoms with Crippen molar-refractivity contribution in [3.8, 4) is 40.2 Å². The summed E-state index contributed by atoms with van der Waals surface area (Å²) in [5.74, 6) is 4.68. The van der Waals surface area contributed by atoms with Crippen molar-refractivity contribution < 1.29 is 53.7 Å². The minimum atomic E-state index is -3.67. The normalized spacial score (nSPS) is 12.4. The maximum absolute atomic E-state index is 14.7. The first-order valence-electron chi connectivity index (χ1n) is 24.0. The van der Waals surface area contributed by atoms with E-state index in [1.165, 1.54) is 12.1 Å². The molecule has 0 N–H and O–H groups in total. The lowest BCUT2D eigenvalue weighted by atomic mass is 10.1. The molecule has 0 aliphatic rings. The lowest BCUT2D eigenvalue weighted by Gasteiger charge is -2.21. The van der Waals surface area contributed by atoms with Crippen molar-refractivity contribution in [1.29, 1.82) is 0 Å². The van der Waals surface area contributed by atoms with Gasteiger partial charge in [0.05, 0.1) is 30.6 Å². The number of para-hydroxylation sites is 1. The Balaban J connectivity index is 1.18. The van der Waals surface area contributed by atoms with Gasteiger partial charge in [0.25, 0.3) is 0 Å². The number of carbonyl (C=O) groups excluding carboxylic acids is 1. The molecule has 0 fully saturated rings. The smallest absolute Gasteiger partial charge is 0.324 e. The maximum atomic E-state index is 14.7. The number of carbonyl (C=O) groups is 1. The molecule has 0 heterocycles. The number of thioether (sulfide) groups is 2. The third-order valence-corrected chi connectivity index (χ3v) is 13.7. The van der Waals surface area contributed by atoms with E-state index in [-0.39, 0.29) is 35.3 Å². The monoisotopic (exact) mass is 1070 g/mol. The Labute approximate surface area is 440 Å². The van der Waals surface area contributed by atoms with Crippen LogP contribution in [-0.4, -0.2) is 76.5 Å². The highest BCUT2D eigenvalue weighted by molar-refractivity contribution is 8.00. The second kappa shape index (κ2) is 25.9. The van der Waals surface area contributed by atoms with Crippen molar-refractivity contribution in [3.05, 3.63) is 167 Å². The molecule has 0 bridgehead atoms. The van der Waals surface area contributed by atoms with E-state index in [2.05, 4.69) is 24.3 Å². The van der Waals surface area contributed by atoms with Crippen molar-refractivity contribution >= 4 is 49.7 Å². The average Bonchev–Trinajstić information content (AvgIpc) is 3.30. The zero-order chi connectivity index (χ0) is 52.7. The van der Waals surface area contributed by atoms with Crippen molar-refractivity contribution in [1.82, 2.24) is 0 Å². The van der Waals surface area contributed by atoms with Gasteiger partial charge in [-0.1, -0.05) is 60.7 Å². The summed E-state index contributed by atoms with van der Waals surface area (Å²) in [4.78, 5) is 15.5. The van der Waals surface area contributed by atoms with E-state index < -0.39 is 25.5 Å². The third kappa shape index (κ3) is 20.9.